The van der Waals surface area contributed by atoms with E-state index in [9.17, 15) is 8.42 Å². The molecule has 3 aromatic rings. The summed E-state index contributed by atoms with van der Waals surface area (Å²) in [4.78, 5) is 12.3. The molecule has 0 amide bonds. The largest absolute Gasteiger partial charge is 0.473 e. The fraction of sp³-hybridized carbons (Fsp3) is 0.556. The predicted molar refractivity (Wildman–Crippen MR) is 174 cm³/mol. The second-order valence-corrected chi connectivity index (χ2v) is 16.1. The third-order valence-electron chi connectivity index (χ3n) is 11.1. The van der Waals surface area contributed by atoms with E-state index in [0.717, 1.165) is 41.8 Å². The molecule has 0 radical (unpaired) electrons. The molecule has 3 fully saturated rings. The van der Waals surface area contributed by atoms with Gasteiger partial charge in [0.15, 0.2) is 0 Å². The molecule has 1 spiro atoms. The monoisotopic (exact) mass is 614 g/mol. The van der Waals surface area contributed by atoms with Gasteiger partial charge < -0.3 is 4.74 Å². The average Bonchev–Trinajstić information content (AvgIpc) is 3.15. The first kappa shape index (κ1) is 29.7. The molecule has 7 nitrogen and oxygen atoms in total. The van der Waals surface area contributed by atoms with Crippen LogP contribution in [0.25, 0.3) is 11.3 Å². The molecule has 1 N–H and O–H groups in total. The van der Waals surface area contributed by atoms with Gasteiger partial charge >= 0.3 is 0 Å². The number of anilines is 1. The summed E-state index contributed by atoms with van der Waals surface area (Å²) in [5.41, 5.74) is 5.39. The lowest BCUT2D eigenvalue weighted by molar-refractivity contribution is -0.0390. The number of benzene rings is 2. The molecule has 2 aliphatic carbocycles. The van der Waals surface area contributed by atoms with Crippen LogP contribution in [0, 0.1) is 31.1 Å². The zero-order valence-electron chi connectivity index (χ0n) is 26.6. The van der Waals surface area contributed by atoms with Gasteiger partial charge in [0.2, 0.25) is 11.8 Å². The molecule has 2 saturated carbocycles. The summed E-state index contributed by atoms with van der Waals surface area (Å²) in [7, 11) is -3.92. The van der Waals surface area contributed by atoms with Crippen molar-refractivity contribution in [2.45, 2.75) is 102 Å². The lowest BCUT2D eigenvalue weighted by Gasteiger charge is -2.54. The third-order valence-corrected chi connectivity index (χ3v) is 12.4. The highest BCUT2D eigenvalue weighted by Crippen LogP contribution is 2.54. The topological polar surface area (TPSA) is 84.4 Å². The maximum Gasteiger partial charge on any atom is 0.264 e. The molecular formula is C36H46N4O3S. The highest BCUT2D eigenvalue weighted by atomic mass is 32.2. The van der Waals surface area contributed by atoms with Crippen LogP contribution in [0.2, 0.25) is 0 Å². The van der Waals surface area contributed by atoms with Gasteiger partial charge in [0.05, 0.1) is 10.6 Å². The number of fused-ring (bicyclic) bond motifs is 7. The summed E-state index contributed by atoms with van der Waals surface area (Å²) in [6.07, 6.45) is 10.2. The number of likely N-dealkylation sites (tertiary alicyclic amines) is 1. The van der Waals surface area contributed by atoms with E-state index in [-0.39, 0.29) is 22.9 Å². The summed E-state index contributed by atoms with van der Waals surface area (Å²) in [6.45, 7) is 10.6. The van der Waals surface area contributed by atoms with Crippen molar-refractivity contribution in [1.82, 2.24) is 14.9 Å². The van der Waals surface area contributed by atoms with Gasteiger partial charge in [-0.25, -0.2) is 18.1 Å². The van der Waals surface area contributed by atoms with Crippen LogP contribution in [-0.2, 0) is 10.0 Å². The second-order valence-electron chi connectivity index (χ2n) is 14.4. The van der Waals surface area contributed by atoms with Crippen LogP contribution < -0.4 is 9.46 Å². The Bertz CT molecular complexity index is 1620. The highest BCUT2D eigenvalue weighted by Gasteiger charge is 2.48. The minimum absolute atomic E-state index is 0.0337. The van der Waals surface area contributed by atoms with E-state index in [1.165, 1.54) is 44.9 Å². The molecule has 8 heteroatoms. The number of aromatic nitrogens is 2. The minimum Gasteiger partial charge on any atom is -0.473 e. The van der Waals surface area contributed by atoms with Crippen LogP contribution in [0.1, 0.15) is 87.8 Å². The molecule has 1 aromatic heterocycles. The third kappa shape index (κ3) is 5.64. The van der Waals surface area contributed by atoms with Gasteiger partial charge in [-0.1, -0.05) is 63.4 Å². The van der Waals surface area contributed by atoms with E-state index in [0.29, 0.717) is 34.9 Å². The van der Waals surface area contributed by atoms with Gasteiger partial charge in [-0.05, 0) is 97.9 Å². The Kier molecular flexibility index (Phi) is 7.72. The minimum atomic E-state index is -3.92. The van der Waals surface area contributed by atoms with Crippen molar-refractivity contribution in [2.24, 2.45) is 17.3 Å². The first-order chi connectivity index (χ1) is 21.1. The maximum atomic E-state index is 13.7. The van der Waals surface area contributed by atoms with Crippen LogP contribution in [0.4, 0.5) is 5.95 Å². The van der Waals surface area contributed by atoms with E-state index in [1.807, 2.05) is 24.3 Å². The quantitative estimate of drug-likeness (QED) is 0.329. The zero-order chi connectivity index (χ0) is 30.6. The fourth-order valence-electron chi connectivity index (χ4n) is 8.76. The van der Waals surface area contributed by atoms with Crippen LogP contribution in [0.15, 0.2) is 53.4 Å². The summed E-state index contributed by atoms with van der Waals surface area (Å²) >= 11 is 0. The molecule has 7 rings (SSSR count). The molecule has 1 unspecified atom stereocenters. The number of aryl methyl sites for hydroxylation is 2. The standard InChI is InChI=1S/C36H46N4O3S/c1-23(2)31-22-40(27-19-36(20-27)14-6-5-7-15-36)21-28-17-30(31)26-12-9-13-29(16-26)44(41,42)39-35-37-32(18-33(38-35)43-28)34-24(3)10-8-11-25(34)4/h8-13,16,18,23,27-28,30-31H,5-7,14-15,17,19-22H2,1-4H3,(H,37,38,39)/t28-,30?,31+/m0/s1. The zero-order valence-corrected chi connectivity index (χ0v) is 27.4. The molecule has 2 aliphatic heterocycles. The molecule has 44 heavy (non-hydrogen) atoms. The van der Waals surface area contributed by atoms with Crippen LogP contribution in [-0.4, -0.2) is 48.5 Å². The summed E-state index contributed by atoms with van der Waals surface area (Å²) in [5.74, 6) is 1.45. The molecule has 234 valence electrons. The molecule has 2 aromatic carbocycles. The van der Waals surface area contributed by atoms with Crippen molar-refractivity contribution in [2.75, 3.05) is 17.8 Å². The van der Waals surface area contributed by atoms with E-state index >= 15 is 0 Å². The van der Waals surface area contributed by atoms with Crippen LogP contribution in [0.3, 0.4) is 0 Å². The maximum absolute atomic E-state index is 13.7. The van der Waals surface area contributed by atoms with E-state index < -0.39 is 10.0 Å². The molecule has 4 aliphatic rings. The number of hydrogen-bond donors (Lipinski definition) is 1. The fourth-order valence-corrected chi connectivity index (χ4v) is 9.76. The smallest absolute Gasteiger partial charge is 0.264 e. The number of nitrogens with one attached hydrogen (secondary N) is 1. The highest BCUT2D eigenvalue weighted by molar-refractivity contribution is 7.92. The summed E-state index contributed by atoms with van der Waals surface area (Å²) in [5, 5.41) is 0. The van der Waals surface area contributed by atoms with Crippen molar-refractivity contribution in [3.63, 3.8) is 0 Å². The van der Waals surface area contributed by atoms with Gasteiger partial charge in [0.1, 0.15) is 6.10 Å². The second kappa shape index (κ2) is 11.4. The van der Waals surface area contributed by atoms with Crippen molar-refractivity contribution in [1.29, 1.82) is 0 Å². The summed E-state index contributed by atoms with van der Waals surface area (Å²) in [6, 6.07) is 16.1. The number of nitrogens with zero attached hydrogens (tertiary/aromatic N) is 3. The average molecular weight is 615 g/mol. The van der Waals surface area contributed by atoms with Gasteiger partial charge in [0, 0.05) is 30.8 Å². The number of rotatable bonds is 3. The Labute approximate surface area is 262 Å². The Morgan fingerprint density at radius 3 is 2.41 bits per heavy atom. The Hall–Kier alpha value is -2.97. The number of hydrogen-bond acceptors (Lipinski definition) is 6. The van der Waals surface area contributed by atoms with Crippen LogP contribution in [0.5, 0.6) is 5.88 Å². The lowest BCUT2D eigenvalue weighted by atomic mass is 9.58. The van der Waals surface area contributed by atoms with Crippen LogP contribution >= 0.6 is 0 Å². The van der Waals surface area contributed by atoms with E-state index in [2.05, 4.69) is 60.5 Å². The SMILES string of the molecule is Cc1cccc(C)c1-c1cc2nc(n1)NS(=O)(=O)c1cccc(c1)C1C[C@@H](CN(C3CC4(CCCCC4)C3)C[C@@H]1C(C)C)O2. The van der Waals surface area contributed by atoms with Crippen molar-refractivity contribution >= 4 is 16.0 Å². The lowest BCUT2D eigenvalue weighted by Crippen LogP contribution is -2.54. The molecule has 1 saturated heterocycles. The molecular weight excluding hydrogens is 568 g/mol. The van der Waals surface area contributed by atoms with Gasteiger partial charge in [0.25, 0.3) is 10.0 Å². The van der Waals surface area contributed by atoms with E-state index in [1.54, 1.807) is 6.07 Å². The summed E-state index contributed by atoms with van der Waals surface area (Å²) < 4.78 is 37.0. The first-order valence-electron chi connectivity index (χ1n) is 16.6. The normalized spacial score (nSPS) is 27.7. The molecule has 3 heterocycles. The van der Waals surface area contributed by atoms with E-state index in [4.69, 9.17) is 9.72 Å². The Balaban J connectivity index is 1.32. The Morgan fingerprint density at radius 1 is 0.955 bits per heavy atom. The van der Waals surface area contributed by atoms with Crippen molar-refractivity contribution in [3.8, 4) is 17.1 Å². The van der Waals surface area contributed by atoms with Gasteiger partial charge in [-0.2, -0.15) is 4.98 Å². The predicted octanol–water partition coefficient (Wildman–Crippen LogP) is 7.50. The van der Waals surface area contributed by atoms with Gasteiger partial charge in [-0.3, -0.25) is 4.90 Å². The van der Waals surface area contributed by atoms with Crippen molar-refractivity contribution < 1.29 is 13.2 Å². The number of ether oxygens (including phenoxy) is 1. The molecule has 3 atom stereocenters. The van der Waals surface area contributed by atoms with Crippen molar-refractivity contribution in [3.05, 3.63) is 65.2 Å². The Morgan fingerprint density at radius 2 is 1.68 bits per heavy atom. The van der Waals surface area contributed by atoms with Gasteiger partial charge in [-0.15, -0.1) is 0 Å². The first-order valence-corrected chi connectivity index (χ1v) is 18.1. The molecule has 6 bridgehead atoms. The number of sulfonamides is 1.